The Morgan fingerprint density at radius 3 is 2.23 bits per heavy atom. The fourth-order valence-electron chi connectivity index (χ4n) is 3.10. The highest BCUT2D eigenvalue weighted by atomic mass is 35.5. The molecule has 1 aliphatic heterocycles. The van der Waals surface area contributed by atoms with Crippen molar-refractivity contribution < 1.29 is 22.9 Å². The lowest BCUT2D eigenvalue weighted by atomic mass is 10.2. The van der Waals surface area contributed by atoms with Gasteiger partial charge in [-0.05, 0) is 36.4 Å². The van der Waals surface area contributed by atoms with Gasteiger partial charge in [0.05, 0.1) is 9.82 Å². The summed E-state index contributed by atoms with van der Waals surface area (Å²) in [6.45, 7) is 2.47. The van der Waals surface area contributed by atoms with E-state index in [4.69, 9.17) is 11.6 Å². The number of anilines is 1. The van der Waals surface area contributed by atoms with Crippen LogP contribution in [0.15, 0.2) is 47.4 Å². The molecule has 2 aromatic rings. The number of carbonyl (C=O) groups is 2. The van der Waals surface area contributed by atoms with Crippen molar-refractivity contribution in [2.24, 2.45) is 0 Å². The first kappa shape index (κ1) is 22.7. The molecule has 0 aromatic heterocycles. The van der Waals surface area contributed by atoms with Crippen molar-refractivity contribution in [3.05, 3.63) is 63.2 Å². The number of benzene rings is 2. The van der Waals surface area contributed by atoms with Crippen LogP contribution in [-0.2, 0) is 14.8 Å². The number of nitrogens with one attached hydrogen (secondary N) is 1. The van der Waals surface area contributed by atoms with Crippen molar-refractivity contribution in [3.8, 4) is 0 Å². The minimum atomic E-state index is -3.76. The van der Waals surface area contributed by atoms with E-state index < -0.39 is 20.9 Å². The van der Waals surface area contributed by atoms with E-state index in [1.54, 1.807) is 4.90 Å². The molecule has 0 saturated carbocycles. The minimum absolute atomic E-state index is 0.0301. The fourth-order valence-corrected chi connectivity index (χ4v) is 4.71. The summed E-state index contributed by atoms with van der Waals surface area (Å²) in [5, 5.41) is 13.4. The van der Waals surface area contributed by atoms with Crippen molar-refractivity contribution in [2.45, 2.75) is 11.8 Å². The van der Waals surface area contributed by atoms with Gasteiger partial charge in [-0.25, -0.2) is 8.42 Å². The second-order valence-electron chi connectivity index (χ2n) is 6.81. The molecule has 0 radical (unpaired) electrons. The number of nitro groups is 1. The molecular formula is C19H19ClN4O6S. The third kappa shape index (κ3) is 5.01. The number of nitrogens with zero attached hydrogens (tertiary/aromatic N) is 3. The second kappa shape index (κ2) is 9.00. The standard InChI is InChI=1S/C19H19ClN4O6S/c1-13(25)22-8-10-23(11-9-22)31(29,30)16-5-2-14(3-6-16)19(26)21-15-4-7-17(20)18(12-15)24(27)28/h2-7,12H,8-11H2,1H3,(H,21,26). The molecule has 0 spiro atoms. The lowest BCUT2D eigenvalue weighted by Crippen LogP contribution is -2.49. The first-order chi connectivity index (χ1) is 14.6. The molecule has 0 unspecified atom stereocenters. The van der Waals surface area contributed by atoms with E-state index in [0.29, 0.717) is 13.1 Å². The molecule has 1 aliphatic rings. The summed E-state index contributed by atoms with van der Waals surface area (Å²) in [6, 6.07) is 9.23. The molecule has 2 amide bonds. The fraction of sp³-hybridized carbons (Fsp3) is 0.263. The van der Waals surface area contributed by atoms with Crippen LogP contribution in [0.2, 0.25) is 5.02 Å². The number of piperazine rings is 1. The average Bonchev–Trinajstić information content (AvgIpc) is 2.75. The Hall–Kier alpha value is -3.02. The first-order valence-corrected chi connectivity index (χ1v) is 11.0. The topological polar surface area (TPSA) is 130 Å². The van der Waals surface area contributed by atoms with Crippen LogP contribution in [0.4, 0.5) is 11.4 Å². The summed E-state index contributed by atoms with van der Waals surface area (Å²) in [6.07, 6.45) is 0. The molecule has 1 N–H and O–H groups in total. The van der Waals surface area contributed by atoms with Gasteiger partial charge in [0.1, 0.15) is 5.02 Å². The predicted molar refractivity (Wildman–Crippen MR) is 114 cm³/mol. The van der Waals surface area contributed by atoms with E-state index in [-0.39, 0.29) is 45.9 Å². The molecule has 1 heterocycles. The number of nitro benzene ring substituents is 1. The lowest BCUT2D eigenvalue weighted by molar-refractivity contribution is -0.384. The number of hydrogen-bond acceptors (Lipinski definition) is 6. The highest BCUT2D eigenvalue weighted by Crippen LogP contribution is 2.27. The maximum Gasteiger partial charge on any atom is 0.289 e. The normalized spacial score (nSPS) is 14.8. The zero-order valence-electron chi connectivity index (χ0n) is 16.4. The van der Waals surface area contributed by atoms with Crippen LogP contribution in [0.3, 0.4) is 0 Å². The molecule has 0 atom stereocenters. The molecule has 12 heteroatoms. The monoisotopic (exact) mass is 466 g/mol. The number of hydrogen-bond donors (Lipinski definition) is 1. The maximum atomic E-state index is 12.8. The zero-order valence-corrected chi connectivity index (χ0v) is 18.0. The van der Waals surface area contributed by atoms with Gasteiger partial charge in [0.15, 0.2) is 0 Å². The number of amides is 2. The third-order valence-electron chi connectivity index (χ3n) is 4.84. The highest BCUT2D eigenvalue weighted by Gasteiger charge is 2.29. The minimum Gasteiger partial charge on any atom is -0.340 e. The number of carbonyl (C=O) groups excluding carboxylic acids is 2. The van der Waals surface area contributed by atoms with E-state index in [1.165, 1.54) is 47.6 Å². The second-order valence-corrected chi connectivity index (χ2v) is 9.16. The lowest BCUT2D eigenvalue weighted by Gasteiger charge is -2.33. The third-order valence-corrected chi connectivity index (χ3v) is 7.07. The molecule has 0 bridgehead atoms. The highest BCUT2D eigenvalue weighted by molar-refractivity contribution is 7.89. The summed E-state index contributed by atoms with van der Waals surface area (Å²) in [4.78, 5) is 35.8. The van der Waals surface area contributed by atoms with E-state index in [2.05, 4.69) is 5.32 Å². The molecule has 2 aromatic carbocycles. The summed E-state index contributed by atoms with van der Waals surface area (Å²) >= 11 is 5.76. The van der Waals surface area contributed by atoms with Crippen molar-refractivity contribution in [3.63, 3.8) is 0 Å². The van der Waals surface area contributed by atoms with E-state index in [1.807, 2.05) is 0 Å². The first-order valence-electron chi connectivity index (χ1n) is 9.20. The molecule has 31 heavy (non-hydrogen) atoms. The number of halogens is 1. The van der Waals surface area contributed by atoms with E-state index in [9.17, 15) is 28.1 Å². The van der Waals surface area contributed by atoms with Crippen LogP contribution in [-0.4, -0.2) is 60.5 Å². The molecule has 10 nitrogen and oxygen atoms in total. The van der Waals surface area contributed by atoms with Crippen molar-refractivity contribution >= 4 is 44.8 Å². The number of sulfonamides is 1. The zero-order chi connectivity index (χ0) is 22.8. The van der Waals surface area contributed by atoms with Gasteiger partial charge in [-0.2, -0.15) is 4.31 Å². The Morgan fingerprint density at radius 2 is 1.68 bits per heavy atom. The Bertz CT molecular complexity index is 1130. The molecule has 3 rings (SSSR count). The number of rotatable bonds is 5. The van der Waals surface area contributed by atoms with Gasteiger partial charge < -0.3 is 10.2 Å². The van der Waals surface area contributed by atoms with Gasteiger partial charge in [0.25, 0.3) is 11.6 Å². The van der Waals surface area contributed by atoms with Gasteiger partial charge in [-0.1, -0.05) is 11.6 Å². The molecule has 1 fully saturated rings. The maximum absolute atomic E-state index is 12.8. The van der Waals surface area contributed by atoms with Gasteiger partial charge >= 0.3 is 0 Å². The molecular weight excluding hydrogens is 448 g/mol. The summed E-state index contributed by atoms with van der Waals surface area (Å²) in [5.41, 5.74) is 0.0184. The Balaban J connectivity index is 1.71. The van der Waals surface area contributed by atoms with Gasteiger partial charge in [0.2, 0.25) is 15.9 Å². The average molecular weight is 467 g/mol. The van der Waals surface area contributed by atoms with Crippen molar-refractivity contribution in [1.29, 1.82) is 0 Å². The summed E-state index contributed by atoms with van der Waals surface area (Å²) < 4.78 is 26.9. The largest absolute Gasteiger partial charge is 0.340 e. The van der Waals surface area contributed by atoms with Crippen LogP contribution in [0.25, 0.3) is 0 Å². The van der Waals surface area contributed by atoms with E-state index in [0.717, 1.165) is 6.07 Å². The van der Waals surface area contributed by atoms with Crippen LogP contribution < -0.4 is 5.32 Å². The summed E-state index contributed by atoms with van der Waals surface area (Å²) in [5.74, 6) is -0.658. The van der Waals surface area contributed by atoms with Crippen molar-refractivity contribution in [1.82, 2.24) is 9.21 Å². The van der Waals surface area contributed by atoms with Crippen LogP contribution in [0.1, 0.15) is 17.3 Å². The van der Waals surface area contributed by atoms with Crippen LogP contribution in [0.5, 0.6) is 0 Å². The van der Waals surface area contributed by atoms with Gasteiger partial charge in [0, 0.05) is 50.4 Å². The van der Waals surface area contributed by atoms with Crippen LogP contribution >= 0.6 is 11.6 Å². The molecule has 1 saturated heterocycles. The van der Waals surface area contributed by atoms with Crippen molar-refractivity contribution in [2.75, 3.05) is 31.5 Å². The van der Waals surface area contributed by atoms with Gasteiger partial charge in [-0.15, -0.1) is 0 Å². The Kier molecular flexibility index (Phi) is 6.58. The molecule has 0 aliphatic carbocycles. The van der Waals surface area contributed by atoms with Gasteiger partial charge in [-0.3, -0.25) is 19.7 Å². The predicted octanol–water partition coefficient (Wildman–Crippen LogP) is 2.35. The Labute approximate surface area is 183 Å². The SMILES string of the molecule is CC(=O)N1CCN(S(=O)(=O)c2ccc(C(=O)Nc3ccc(Cl)c([N+](=O)[O-])c3)cc2)CC1. The molecule has 164 valence electrons. The Morgan fingerprint density at radius 1 is 1.06 bits per heavy atom. The summed E-state index contributed by atoms with van der Waals surface area (Å²) in [7, 11) is -3.76. The quantitative estimate of drug-likeness (QED) is 0.531. The van der Waals surface area contributed by atoms with E-state index >= 15 is 0 Å². The van der Waals surface area contributed by atoms with Crippen LogP contribution in [0, 0.1) is 10.1 Å². The smallest absolute Gasteiger partial charge is 0.289 e.